The normalized spacial score (nSPS) is 12.3. The van der Waals surface area contributed by atoms with Crippen molar-refractivity contribution in [2.75, 3.05) is 24.9 Å². The maximum absolute atomic E-state index is 12.5. The first-order chi connectivity index (χ1) is 12.9. The van der Waals surface area contributed by atoms with Gasteiger partial charge in [0, 0.05) is 23.8 Å². The van der Waals surface area contributed by atoms with Crippen LogP contribution in [0, 0.1) is 0 Å². The zero-order chi connectivity index (χ0) is 19.9. The van der Waals surface area contributed by atoms with Crippen molar-refractivity contribution >= 4 is 21.6 Å². The predicted octanol–water partition coefficient (Wildman–Crippen LogP) is 2.22. The Kier molecular flexibility index (Phi) is 7.20. The van der Waals surface area contributed by atoms with Crippen LogP contribution in [-0.2, 0) is 10.0 Å². The van der Waals surface area contributed by atoms with Gasteiger partial charge >= 0.3 is 0 Å². The first-order valence-corrected chi connectivity index (χ1v) is 10.1. The number of amides is 1. The van der Waals surface area contributed by atoms with Crippen molar-refractivity contribution in [1.82, 2.24) is 10.6 Å². The molecule has 0 fully saturated rings. The van der Waals surface area contributed by atoms with E-state index in [1.807, 2.05) is 13.8 Å². The zero-order valence-corrected chi connectivity index (χ0v) is 16.5. The van der Waals surface area contributed by atoms with Gasteiger partial charge in [0.05, 0.1) is 12.0 Å². The lowest BCUT2D eigenvalue weighted by atomic mass is 10.2. The summed E-state index contributed by atoms with van der Waals surface area (Å²) in [5.74, 6) is 0.392. The van der Waals surface area contributed by atoms with E-state index in [0.717, 1.165) is 6.54 Å². The van der Waals surface area contributed by atoms with E-state index in [2.05, 4.69) is 15.4 Å². The summed E-state index contributed by atoms with van der Waals surface area (Å²) in [6.07, 6.45) is 0. The molecular formula is C19H25N3O4S. The van der Waals surface area contributed by atoms with Crippen molar-refractivity contribution in [3.8, 4) is 5.75 Å². The van der Waals surface area contributed by atoms with Gasteiger partial charge in [-0.2, -0.15) is 0 Å². The van der Waals surface area contributed by atoms with Crippen LogP contribution in [0.1, 0.15) is 24.2 Å². The maximum Gasteiger partial charge on any atom is 0.261 e. The van der Waals surface area contributed by atoms with Crippen molar-refractivity contribution < 1.29 is 17.9 Å². The fraction of sp³-hybridized carbons (Fsp3) is 0.316. The second-order valence-electron chi connectivity index (χ2n) is 6.03. The number of ether oxygens (including phenoxy) is 1. The quantitative estimate of drug-likeness (QED) is 0.609. The Balaban J connectivity index is 2.02. The lowest BCUT2D eigenvalue weighted by Gasteiger charge is -2.13. The maximum atomic E-state index is 12.5. The molecule has 27 heavy (non-hydrogen) atoms. The molecule has 3 N–H and O–H groups in total. The highest BCUT2D eigenvalue weighted by molar-refractivity contribution is 7.92. The zero-order valence-electron chi connectivity index (χ0n) is 15.7. The summed E-state index contributed by atoms with van der Waals surface area (Å²) < 4.78 is 32.5. The topological polar surface area (TPSA) is 96.5 Å². The molecule has 146 valence electrons. The molecule has 0 bridgehead atoms. The minimum atomic E-state index is -3.74. The molecule has 0 spiro atoms. The number of nitrogens with one attached hydrogen (secondary N) is 3. The Labute approximate surface area is 160 Å². The second-order valence-corrected chi connectivity index (χ2v) is 7.71. The SMILES string of the molecule is CCN[C@H](C)CNC(=O)c1ccc(S(=O)(=O)Nc2ccc(OC)cc2)cc1. The van der Waals surface area contributed by atoms with Crippen LogP contribution < -0.4 is 20.1 Å². The Morgan fingerprint density at radius 2 is 1.70 bits per heavy atom. The van der Waals surface area contributed by atoms with Crippen molar-refractivity contribution in [2.45, 2.75) is 24.8 Å². The third kappa shape index (κ3) is 5.97. The number of likely N-dealkylation sites (N-methyl/N-ethyl adjacent to an activating group) is 1. The lowest BCUT2D eigenvalue weighted by Crippen LogP contribution is -2.38. The molecule has 2 aromatic rings. The minimum Gasteiger partial charge on any atom is -0.497 e. The summed E-state index contributed by atoms with van der Waals surface area (Å²) in [7, 11) is -2.20. The number of carbonyl (C=O) groups is 1. The van der Waals surface area contributed by atoms with Crippen LogP contribution in [0.15, 0.2) is 53.4 Å². The third-order valence-corrected chi connectivity index (χ3v) is 5.29. The molecule has 1 atom stereocenters. The molecule has 0 saturated carbocycles. The van der Waals surface area contributed by atoms with Gasteiger partial charge in [0.15, 0.2) is 0 Å². The van der Waals surface area contributed by atoms with Crippen LogP contribution >= 0.6 is 0 Å². The van der Waals surface area contributed by atoms with Crippen molar-refractivity contribution in [2.24, 2.45) is 0 Å². The van der Waals surface area contributed by atoms with Crippen LogP contribution in [0.4, 0.5) is 5.69 Å². The van der Waals surface area contributed by atoms with Crippen LogP contribution in [-0.4, -0.2) is 40.6 Å². The number of benzene rings is 2. The Morgan fingerprint density at radius 3 is 2.26 bits per heavy atom. The lowest BCUT2D eigenvalue weighted by molar-refractivity contribution is 0.0950. The van der Waals surface area contributed by atoms with E-state index in [1.165, 1.54) is 31.4 Å². The van der Waals surface area contributed by atoms with Gasteiger partial charge < -0.3 is 15.4 Å². The number of methoxy groups -OCH3 is 1. The summed E-state index contributed by atoms with van der Waals surface area (Å²) in [6, 6.07) is 12.5. The van der Waals surface area contributed by atoms with Gasteiger partial charge in [-0.25, -0.2) is 8.42 Å². The molecular weight excluding hydrogens is 366 g/mol. The van der Waals surface area contributed by atoms with Crippen LogP contribution in [0.3, 0.4) is 0 Å². The van der Waals surface area contributed by atoms with Gasteiger partial charge in [-0.15, -0.1) is 0 Å². The van der Waals surface area contributed by atoms with Crippen molar-refractivity contribution in [3.63, 3.8) is 0 Å². The Morgan fingerprint density at radius 1 is 1.07 bits per heavy atom. The summed E-state index contributed by atoms with van der Waals surface area (Å²) in [4.78, 5) is 12.2. The molecule has 0 aliphatic rings. The third-order valence-electron chi connectivity index (χ3n) is 3.89. The van der Waals surface area contributed by atoms with Gasteiger partial charge in [-0.1, -0.05) is 6.92 Å². The Hall–Kier alpha value is -2.58. The monoisotopic (exact) mass is 391 g/mol. The number of sulfonamides is 1. The van der Waals surface area contributed by atoms with Crippen molar-refractivity contribution in [1.29, 1.82) is 0 Å². The molecule has 0 aromatic heterocycles. The average molecular weight is 391 g/mol. The molecule has 0 unspecified atom stereocenters. The van der Waals surface area contributed by atoms with Gasteiger partial charge in [-0.3, -0.25) is 9.52 Å². The summed E-state index contributed by atoms with van der Waals surface area (Å²) in [6.45, 7) is 5.29. The first kappa shape index (κ1) is 20.7. The smallest absolute Gasteiger partial charge is 0.261 e. The second kappa shape index (κ2) is 9.38. The number of rotatable bonds is 9. The van der Waals surface area contributed by atoms with Crippen LogP contribution in [0.2, 0.25) is 0 Å². The molecule has 0 heterocycles. The number of carbonyl (C=O) groups excluding carboxylic acids is 1. The highest BCUT2D eigenvalue weighted by Crippen LogP contribution is 2.19. The Bertz CT molecular complexity index is 850. The van der Waals surface area contributed by atoms with E-state index < -0.39 is 10.0 Å². The van der Waals surface area contributed by atoms with Gasteiger partial charge in [0.1, 0.15) is 5.75 Å². The largest absolute Gasteiger partial charge is 0.497 e. The summed E-state index contributed by atoms with van der Waals surface area (Å²) in [5, 5.41) is 6.02. The number of hydrogen-bond acceptors (Lipinski definition) is 5. The van der Waals surface area contributed by atoms with E-state index in [-0.39, 0.29) is 16.8 Å². The fourth-order valence-corrected chi connectivity index (χ4v) is 3.49. The molecule has 0 saturated heterocycles. The van der Waals surface area contributed by atoms with E-state index in [1.54, 1.807) is 24.3 Å². The molecule has 0 radical (unpaired) electrons. The van der Waals surface area contributed by atoms with E-state index >= 15 is 0 Å². The van der Waals surface area contributed by atoms with E-state index in [0.29, 0.717) is 23.5 Å². The fourth-order valence-electron chi connectivity index (χ4n) is 2.43. The standard InChI is InChI=1S/C19H25N3O4S/c1-4-20-14(2)13-21-19(23)15-5-11-18(12-6-15)27(24,25)22-16-7-9-17(26-3)10-8-16/h5-12,14,20,22H,4,13H2,1-3H3,(H,21,23)/t14-/m1/s1. The summed E-state index contributed by atoms with van der Waals surface area (Å²) in [5.41, 5.74) is 0.831. The highest BCUT2D eigenvalue weighted by Gasteiger charge is 2.15. The first-order valence-electron chi connectivity index (χ1n) is 8.64. The summed E-state index contributed by atoms with van der Waals surface area (Å²) >= 11 is 0. The van der Waals surface area contributed by atoms with Crippen LogP contribution in [0.5, 0.6) is 5.75 Å². The van der Waals surface area contributed by atoms with Gasteiger partial charge in [0.25, 0.3) is 15.9 Å². The number of anilines is 1. The molecule has 2 aromatic carbocycles. The molecule has 0 aliphatic carbocycles. The van der Waals surface area contributed by atoms with Crippen molar-refractivity contribution in [3.05, 3.63) is 54.1 Å². The highest BCUT2D eigenvalue weighted by atomic mass is 32.2. The predicted molar refractivity (Wildman–Crippen MR) is 106 cm³/mol. The van der Waals surface area contributed by atoms with Gasteiger partial charge in [-0.05, 0) is 62.0 Å². The van der Waals surface area contributed by atoms with E-state index in [4.69, 9.17) is 4.74 Å². The molecule has 2 rings (SSSR count). The molecule has 8 heteroatoms. The molecule has 1 amide bonds. The van der Waals surface area contributed by atoms with Crippen LogP contribution in [0.25, 0.3) is 0 Å². The minimum absolute atomic E-state index is 0.0795. The average Bonchev–Trinajstić information content (AvgIpc) is 2.67. The molecule has 0 aliphatic heterocycles. The van der Waals surface area contributed by atoms with Gasteiger partial charge in [0.2, 0.25) is 0 Å². The number of hydrogen-bond donors (Lipinski definition) is 3. The molecule has 7 nitrogen and oxygen atoms in total. The van der Waals surface area contributed by atoms with E-state index in [9.17, 15) is 13.2 Å².